The van der Waals surface area contributed by atoms with E-state index in [1.54, 1.807) is 23.9 Å². The zero-order valence-corrected chi connectivity index (χ0v) is 11.9. The first-order valence-electron chi connectivity index (χ1n) is 6.02. The highest BCUT2D eigenvalue weighted by atomic mass is 35.5. The third kappa shape index (κ3) is 4.53. The summed E-state index contributed by atoms with van der Waals surface area (Å²) < 4.78 is 13.5. The van der Waals surface area contributed by atoms with Crippen LogP contribution in [0.4, 0.5) is 4.39 Å². The van der Waals surface area contributed by atoms with Crippen molar-refractivity contribution in [1.29, 1.82) is 0 Å². The fraction of sp³-hybridized carbons (Fsp3) is 0.200. The Morgan fingerprint density at radius 1 is 1.11 bits per heavy atom. The van der Waals surface area contributed by atoms with Gasteiger partial charge in [-0.1, -0.05) is 29.8 Å². The standard InChI is InChI=1S/C15H15ClFNS/c16-12-5-7-14(8-6-12)19-10-13(18)9-11-3-1-2-4-15(11)17/h1-8,13H,9-10,18H2. The number of benzene rings is 2. The minimum absolute atomic E-state index is 0.0717. The van der Waals surface area contributed by atoms with E-state index < -0.39 is 0 Å². The van der Waals surface area contributed by atoms with Crippen molar-refractivity contribution in [2.45, 2.75) is 17.4 Å². The molecule has 0 aliphatic carbocycles. The fourth-order valence-electron chi connectivity index (χ4n) is 1.74. The molecule has 2 aromatic rings. The van der Waals surface area contributed by atoms with Gasteiger partial charge in [0.2, 0.25) is 0 Å². The first-order valence-corrected chi connectivity index (χ1v) is 7.39. The average molecular weight is 296 g/mol. The minimum Gasteiger partial charge on any atom is -0.327 e. The molecule has 0 aromatic heterocycles. The van der Waals surface area contributed by atoms with Gasteiger partial charge in [0.25, 0.3) is 0 Å². The summed E-state index contributed by atoms with van der Waals surface area (Å²) in [7, 11) is 0. The van der Waals surface area contributed by atoms with Crippen LogP contribution in [0.25, 0.3) is 0 Å². The lowest BCUT2D eigenvalue weighted by atomic mass is 10.1. The first-order chi connectivity index (χ1) is 9.15. The zero-order valence-electron chi connectivity index (χ0n) is 10.4. The van der Waals surface area contributed by atoms with Crippen LogP contribution in [-0.2, 0) is 6.42 Å². The highest BCUT2D eigenvalue weighted by Crippen LogP contribution is 2.21. The van der Waals surface area contributed by atoms with Gasteiger partial charge in [-0.15, -0.1) is 11.8 Å². The maximum Gasteiger partial charge on any atom is 0.126 e. The molecule has 19 heavy (non-hydrogen) atoms. The Morgan fingerprint density at radius 2 is 1.79 bits per heavy atom. The Balaban J connectivity index is 1.86. The van der Waals surface area contributed by atoms with Crippen LogP contribution in [0.1, 0.15) is 5.56 Å². The summed E-state index contributed by atoms with van der Waals surface area (Å²) in [4.78, 5) is 1.12. The molecule has 1 nitrogen and oxygen atoms in total. The number of nitrogens with two attached hydrogens (primary N) is 1. The monoisotopic (exact) mass is 295 g/mol. The predicted molar refractivity (Wildman–Crippen MR) is 80.3 cm³/mol. The fourth-order valence-corrected chi connectivity index (χ4v) is 2.72. The molecule has 0 fully saturated rings. The van der Waals surface area contributed by atoms with Gasteiger partial charge in [-0.05, 0) is 42.3 Å². The van der Waals surface area contributed by atoms with Crippen LogP contribution in [0.2, 0.25) is 5.02 Å². The predicted octanol–water partition coefficient (Wildman–Crippen LogP) is 4.14. The van der Waals surface area contributed by atoms with Crippen molar-refractivity contribution in [2.24, 2.45) is 5.73 Å². The Morgan fingerprint density at radius 3 is 2.47 bits per heavy atom. The molecule has 0 bridgehead atoms. The summed E-state index contributed by atoms with van der Waals surface area (Å²) in [5, 5.41) is 0.722. The Bertz CT molecular complexity index is 530. The Hall–Kier alpha value is -1.03. The van der Waals surface area contributed by atoms with Gasteiger partial charge in [-0.3, -0.25) is 0 Å². The highest BCUT2D eigenvalue weighted by molar-refractivity contribution is 7.99. The van der Waals surface area contributed by atoms with E-state index in [4.69, 9.17) is 17.3 Å². The molecule has 100 valence electrons. The average Bonchev–Trinajstić information content (AvgIpc) is 2.41. The van der Waals surface area contributed by atoms with E-state index in [9.17, 15) is 4.39 Å². The summed E-state index contributed by atoms with van der Waals surface area (Å²) in [5.41, 5.74) is 6.71. The molecule has 2 rings (SSSR count). The summed E-state index contributed by atoms with van der Waals surface area (Å²) in [5.74, 6) is 0.560. The van der Waals surface area contributed by atoms with Crippen molar-refractivity contribution in [3.8, 4) is 0 Å². The second-order valence-corrected chi connectivity index (χ2v) is 5.85. The van der Waals surface area contributed by atoms with Crippen LogP contribution in [0.15, 0.2) is 53.4 Å². The summed E-state index contributed by atoms with van der Waals surface area (Å²) in [6.45, 7) is 0. The maximum atomic E-state index is 13.5. The normalized spacial score (nSPS) is 12.4. The van der Waals surface area contributed by atoms with Gasteiger partial charge in [0.05, 0.1) is 0 Å². The molecule has 0 saturated heterocycles. The van der Waals surface area contributed by atoms with Gasteiger partial charge >= 0.3 is 0 Å². The van der Waals surface area contributed by atoms with Crippen LogP contribution in [0.3, 0.4) is 0 Å². The molecule has 0 heterocycles. The SMILES string of the molecule is NC(CSc1ccc(Cl)cc1)Cc1ccccc1F. The van der Waals surface area contributed by atoms with Gasteiger partial charge in [0, 0.05) is 21.7 Å². The molecule has 4 heteroatoms. The summed E-state index contributed by atoms with van der Waals surface area (Å²) >= 11 is 7.48. The number of halogens is 2. The molecule has 1 unspecified atom stereocenters. The molecular weight excluding hydrogens is 281 g/mol. The number of rotatable bonds is 5. The largest absolute Gasteiger partial charge is 0.327 e. The summed E-state index contributed by atoms with van der Waals surface area (Å²) in [6.07, 6.45) is 0.549. The van der Waals surface area contributed by atoms with E-state index >= 15 is 0 Å². The van der Waals surface area contributed by atoms with Gasteiger partial charge in [0.15, 0.2) is 0 Å². The Labute approximate surface area is 122 Å². The van der Waals surface area contributed by atoms with Crippen molar-refractivity contribution in [3.63, 3.8) is 0 Å². The number of hydrogen-bond acceptors (Lipinski definition) is 2. The minimum atomic E-state index is -0.186. The van der Waals surface area contributed by atoms with Crippen molar-refractivity contribution in [3.05, 3.63) is 64.9 Å². The smallest absolute Gasteiger partial charge is 0.126 e. The number of hydrogen-bond donors (Lipinski definition) is 1. The molecule has 0 radical (unpaired) electrons. The van der Waals surface area contributed by atoms with Crippen LogP contribution in [-0.4, -0.2) is 11.8 Å². The Kier molecular flexibility index (Phi) is 5.25. The molecular formula is C15H15ClFNS. The lowest BCUT2D eigenvalue weighted by Crippen LogP contribution is -2.26. The third-order valence-corrected chi connectivity index (χ3v) is 4.17. The molecule has 2 N–H and O–H groups in total. The first kappa shape index (κ1) is 14.4. The number of thioether (sulfide) groups is 1. The second-order valence-electron chi connectivity index (χ2n) is 4.32. The van der Waals surface area contributed by atoms with Crippen molar-refractivity contribution in [1.82, 2.24) is 0 Å². The van der Waals surface area contributed by atoms with Gasteiger partial charge in [0.1, 0.15) is 5.82 Å². The molecule has 0 aliphatic rings. The van der Waals surface area contributed by atoms with E-state index in [-0.39, 0.29) is 11.9 Å². The van der Waals surface area contributed by atoms with E-state index in [2.05, 4.69) is 0 Å². The van der Waals surface area contributed by atoms with Crippen LogP contribution < -0.4 is 5.73 Å². The topological polar surface area (TPSA) is 26.0 Å². The lowest BCUT2D eigenvalue weighted by Gasteiger charge is -2.12. The molecule has 1 atom stereocenters. The molecule has 0 amide bonds. The van der Waals surface area contributed by atoms with E-state index in [0.717, 1.165) is 15.7 Å². The lowest BCUT2D eigenvalue weighted by molar-refractivity contribution is 0.597. The molecule has 0 aliphatic heterocycles. The van der Waals surface area contributed by atoms with Gasteiger partial charge < -0.3 is 5.73 Å². The van der Waals surface area contributed by atoms with Crippen LogP contribution in [0.5, 0.6) is 0 Å². The highest BCUT2D eigenvalue weighted by Gasteiger charge is 2.08. The van der Waals surface area contributed by atoms with Gasteiger partial charge in [-0.2, -0.15) is 0 Å². The second kappa shape index (κ2) is 6.94. The van der Waals surface area contributed by atoms with Crippen molar-refractivity contribution < 1.29 is 4.39 Å². The van der Waals surface area contributed by atoms with E-state index in [1.807, 2.05) is 30.3 Å². The van der Waals surface area contributed by atoms with Crippen LogP contribution >= 0.6 is 23.4 Å². The van der Waals surface area contributed by atoms with Crippen molar-refractivity contribution >= 4 is 23.4 Å². The molecule has 0 spiro atoms. The van der Waals surface area contributed by atoms with Gasteiger partial charge in [-0.25, -0.2) is 4.39 Å². The third-order valence-electron chi connectivity index (χ3n) is 2.72. The van der Waals surface area contributed by atoms with E-state index in [1.165, 1.54) is 6.07 Å². The quantitative estimate of drug-likeness (QED) is 0.839. The van der Waals surface area contributed by atoms with Crippen molar-refractivity contribution in [2.75, 3.05) is 5.75 Å². The zero-order chi connectivity index (χ0) is 13.7. The summed E-state index contributed by atoms with van der Waals surface area (Å²) in [6, 6.07) is 14.3. The molecule has 0 saturated carbocycles. The molecule has 2 aromatic carbocycles. The van der Waals surface area contributed by atoms with E-state index in [0.29, 0.717) is 12.0 Å². The van der Waals surface area contributed by atoms with Crippen LogP contribution in [0, 0.1) is 5.82 Å². The maximum absolute atomic E-state index is 13.5.